The Morgan fingerprint density at radius 1 is 1.17 bits per heavy atom. The van der Waals surface area contributed by atoms with Crippen molar-refractivity contribution in [2.75, 3.05) is 24.6 Å². The molecule has 3 rings (SSSR count). The molecule has 1 unspecified atom stereocenters. The number of phenols is 1. The third-order valence-electron chi connectivity index (χ3n) is 3.57. The first kappa shape index (κ1) is 15.5. The maximum Gasteiger partial charge on any atom is 0.435 e. The molecule has 23 heavy (non-hydrogen) atoms. The standard InChI is InChI=1S/C15H14F3N3O2/c16-15(17,18)13-4-5-14(20-19-13)21-6-7-23-12(9-21)10-2-1-3-11(22)8-10/h1-5,8,12,22H,6-7,9H2. The molecule has 1 aromatic carbocycles. The highest BCUT2D eigenvalue weighted by Gasteiger charge is 2.33. The molecular weight excluding hydrogens is 311 g/mol. The number of rotatable bonds is 2. The SMILES string of the molecule is Oc1cccc(C2CN(c3ccc(C(F)(F)F)nn3)CCO2)c1. The highest BCUT2D eigenvalue weighted by atomic mass is 19.4. The highest BCUT2D eigenvalue weighted by Crippen LogP contribution is 2.29. The van der Waals surface area contributed by atoms with Gasteiger partial charge in [-0.2, -0.15) is 13.2 Å². The van der Waals surface area contributed by atoms with Gasteiger partial charge in [-0.3, -0.25) is 0 Å². The second kappa shape index (κ2) is 6.04. The number of aromatic hydroxyl groups is 1. The van der Waals surface area contributed by atoms with Gasteiger partial charge in [0.1, 0.15) is 11.9 Å². The molecule has 1 N–H and O–H groups in total. The van der Waals surface area contributed by atoms with Gasteiger partial charge < -0.3 is 14.7 Å². The monoisotopic (exact) mass is 325 g/mol. The summed E-state index contributed by atoms with van der Waals surface area (Å²) in [6, 6.07) is 8.93. The van der Waals surface area contributed by atoms with Crippen LogP contribution in [0.2, 0.25) is 0 Å². The second-order valence-electron chi connectivity index (χ2n) is 5.17. The van der Waals surface area contributed by atoms with Gasteiger partial charge in [0.05, 0.1) is 6.61 Å². The van der Waals surface area contributed by atoms with E-state index in [-0.39, 0.29) is 11.9 Å². The Morgan fingerprint density at radius 3 is 2.65 bits per heavy atom. The summed E-state index contributed by atoms with van der Waals surface area (Å²) in [5, 5.41) is 16.4. The molecule has 8 heteroatoms. The van der Waals surface area contributed by atoms with Crippen LogP contribution in [0.5, 0.6) is 5.75 Å². The van der Waals surface area contributed by atoms with Crippen molar-refractivity contribution in [3.63, 3.8) is 0 Å². The van der Waals surface area contributed by atoms with E-state index >= 15 is 0 Å². The molecule has 0 spiro atoms. The lowest BCUT2D eigenvalue weighted by molar-refractivity contribution is -0.141. The predicted molar refractivity (Wildman–Crippen MR) is 76.0 cm³/mol. The predicted octanol–water partition coefficient (Wildman–Crippen LogP) is 2.78. The van der Waals surface area contributed by atoms with E-state index in [2.05, 4.69) is 10.2 Å². The van der Waals surface area contributed by atoms with Crippen LogP contribution >= 0.6 is 0 Å². The maximum atomic E-state index is 12.5. The van der Waals surface area contributed by atoms with E-state index in [0.717, 1.165) is 11.6 Å². The molecule has 1 aliphatic rings. The molecule has 1 aromatic heterocycles. The smallest absolute Gasteiger partial charge is 0.435 e. The number of anilines is 1. The van der Waals surface area contributed by atoms with E-state index in [1.54, 1.807) is 18.2 Å². The molecule has 2 heterocycles. The molecule has 2 aromatic rings. The van der Waals surface area contributed by atoms with Crippen LogP contribution in [0.3, 0.4) is 0 Å². The second-order valence-corrected chi connectivity index (χ2v) is 5.17. The van der Waals surface area contributed by atoms with Crippen LogP contribution in [-0.4, -0.2) is 35.0 Å². The molecule has 0 aliphatic carbocycles. The highest BCUT2D eigenvalue weighted by molar-refractivity contribution is 5.39. The normalized spacial score (nSPS) is 18.9. The van der Waals surface area contributed by atoms with Crippen LogP contribution in [0.25, 0.3) is 0 Å². The minimum Gasteiger partial charge on any atom is -0.508 e. The van der Waals surface area contributed by atoms with Crippen molar-refractivity contribution >= 4 is 5.82 Å². The van der Waals surface area contributed by atoms with Gasteiger partial charge in [0.2, 0.25) is 0 Å². The van der Waals surface area contributed by atoms with Crippen LogP contribution in [0.4, 0.5) is 19.0 Å². The number of alkyl halides is 3. The number of morpholine rings is 1. The lowest BCUT2D eigenvalue weighted by Gasteiger charge is -2.33. The van der Waals surface area contributed by atoms with Gasteiger partial charge in [0.25, 0.3) is 0 Å². The Morgan fingerprint density at radius 2 is 2.00 bits per heavy atom. The summed E-state index contributed by atoms with van der Waals surface area (Å²) < 4.78 is 43.2. The van der Waals surface area contributed by atoms with Crippen molar-refractivity contribution < 1.29 is 23.0 Å². The van der Waals surface area contributed by atoms with Crippen molar-refractivity contribution in [1.82, 2.24) is 10.2 Å². The van der Waals surface area contributed by atoms with Crippen LogP contribution < -0.4 is 4.90 Å². The Balaban J connectivity index is 1.76. The van der Waals surface area contributed by atoms with Crippen molar-refractivity contribution in [2.45, 2.75) is 12.3 Å². The van der Waals surface area contributed by atoms with E-state index in [0.29, 0.717) is 25.5 Å². The van der Waals surface area contributed by atoms with E-state index in [1.807, 2.05) is 11.0 Å². The summed E-state index contributed by atoms with van der Waals surface area (Å²) in [6.07, 6.45) is -4.79. The van der Waals surface area contributed by atoms with Gasteiger partial charge >= 0.3 is 6.18 Å². The zero-order valence-corrected chi connectivity index (χ0v) is 12.0. The lowest BCUT2D eigenvalue weighted by atomic mass is 10.1. The quantitative estimate of drug-likeness (QED) is 0.920. The fourth-order valence-electron chi connectivity index (χ4n) is 2.43. The number of nitrogens with zero attached hydrogens (tertiary/aromatic N) is 3. The number of halogens is 3. The largest absolute Gasteiger partial charge is 0.508 e. The van der Waals surface area contributed by atoms with E-state index in [4.69, 9.17) is 4.74 Å². The third-order valence-corrected chi connectivity index (χ3v) is 3.57. The zero-order valence-electron chi connectivity index (χ0n) is 12.0. The summed E-state index contributed by atoms with van der Waals surface area (Å²) in [5.74, 6) is 0.504. The minimum atomic E-state index is -4.50. The van der Waals surface area contributed by atoms with Gasteiger partial charge in [-0.05, 0) is 29.8 Å². The molecule has 0 amide bonds. The fourth-order valence-corrected chi connectivity index (χ4v) is 2.43. The van der Waals surface area contributed by atoms with Gasteiger partial charge in [-0.1, -0.05) is 12.1 Å². The summed E-state index contributed by atoms with van der Waals surface area (Å²) in [7, 11) is 0. The molecule has 0 saturated carbocycles. The number of benzene rings is 1. The number of aromatic nitrogens is 2. The summed E-state index contributed by atoms with van der Waals surface area (Å²) in [6.45, 7) is 1.34. The first-order valence-corrected chi connectivity index (χ1v) is 7.00. The van der Waals surface area contributed by atoms with Crippen molar-refractivity contribution in [3.8, 4) is 5.75 Å². The third kappa shape index (κ3) is 3.53. The molecule has 1 saturated heterocycles. The molecular formula is C15H14F3N3O2. The molecule has 5 nitrogen and oxygen atoms in total. The average Bonchev–Trinajstić information content (AvgIpc) is 2.54. The fraction of sp³-hybridized carbons (Fsp3) is 0.333. The van der Waals surface area contributed by atoms with Crippen molar-refractivity contribution in [1.29, 1.82) is 0 Å². The molecule has 122 valence electrons. The van der Waals surface area contributed by atoms with E-state index in [9.17, 15) is 18.3 Å². The van der Waals surface area contributed by atoms with Crippen LogP contribution in [-0.2, 0) is 10.9 Å². The van der Waals surface area contributed by atoms with Crippen molar-refractivity contribution in [3.05, 3.63) is 47.7 Å². The van der Waals surface area contributed by atoms with Gasteiger partial charge in [0.15, 0.2) is 11.5 Å². The number of hydrogen-bond acceptors (Lipinski definition) is 5. The van der Waals surface area contributed by atoms with E-state index in [1.165, 1.54) is 6.07 Å². The van der Waals surface area contributed by atoms with Crippen molar-refractivity contribution in [2.24, 2.45) is 0 Å². The van der Waals surface area contributed by atoms with Crippen LogP contribution in [0.15, 0.2) is 36.4 Å². The molecule has 1 atom stereocenters. The Kier molecular flexibility index (Phi) is 4.08. The zero-order chi connectivity index (χ0) is 16.4. The van der Waals surface area contributed by atoms with E-state index < -0.39 is 11.9 Å². The topological polar surface area (TPSA) is 58.5 Å². The van der Waals surface area contributed by atoms with Gasteiger partial charge in [-0.25, -0.2) is 0 Å². The Bertz CT molecular complexity index is 676. The average molecular weight is 325 g/mol. The summed E-state index contributed by atoms with van der Waals surface area (Å²) in [5.41, 5.74) is -0.214. The number of hydrogen-bond donors (Lipinski definition) is 1. The lowest BCUT2D eigenvalue weighted by Crippen LogP contribution is -2.39. The summed E-state index contributed by atoms with van der Waals surface area (Å²) >= 11 is 0. The molecule has 0 radical (unpaired) electrons. The number of ether oxygens (including phenoxy) is 1. The first-order chi connectivity index (χ1) is 10.9. The molecule has 1 aliphatic heterocycles. The number of phenolic OH excluding ortho intramolecular Hbond substituents is 1. The van der Waals surface area contributed by atoms with Crippen LogP contribution in [0, 0.1) is 0 Å². The Labute approximate surface area is 130 Å². The van der Waals surface area contributed by atoms with Gasteiger partial charge in [-0.15, -0.1) is 10.2 Å². The molecule has 0 bridgehead atoms. The minimum absolute atomic E-state index is 0.137. The Hall–Kier alpha value is -2.35. The summed E-state index contributed by atoms with van der Waals surface area (Å²) in [4.78, 5) is 1.81. The van der Waals surface area contributed by atoms with Gasteiger partial charge in [0, 0.05) is 13.1 Å². The molecule has 1 fully saturated rings. The maximum absolute atomic E-state index is 12.5. The van der Waals surface area contributed by atoms with Crippen LogP contribution in [0.1, 0.15) is 17.4 Å². The first-order valence-electron chi connectivity index (χ1n) is 7.00.